The minimum absolute atomic E-state index is 0.0208. The van der Waals surface area contributed by atoms with E-state index in [4.69, 9.17) is 21.8 Å². The fourth-order valence-electron chi connectivity index (χ4n) is 8.63. The number of benzene rings is 4. The summed E-state index contributed by atoms with van der Waals surface area (Å²) >= 11 is -0.826. The second-order valence-corrected chi connectivity index (χ2v) is 23.8. The van der Waals surface area contributed by atoms with E-state index in [1.165, 1.54) is 111 Å². The van der Waals surface area contributed by atoms with Crippen LogP contribution in [0.4, 0.5) is 0 Å². The average molecular weight is 909 g/mol. The Balaban J connectivity index is 0.000000227. The number of hydrogen-bond donors (Lipinski definition) is 0. The van der Waals surface area contributed by atoms with Crippen LogP contribution in [0.25, 0.3) is 43.8 Å². The van der Waals surface area contributed by atoms with E-state index in [0.717, 1.165) is 13.0 Å². The first-order valence-corrected chi connectivity index (χ1v) is 28.4. The third-order valence-electron chi connectivity index (χ3n) is 12.0. The zero-order valence-electron chi connectivity index (χ0n) is 38.3. The molecule has 6 aromatic carbocycles. The summed E-state index contributed by atoms with van der Waals surface area (Å²) in [6, 6.07) is 34.8. The zero-order chi connectivity index (χ0) is 43.1. The molecule has 0 bridgehead atoms. The van der Waals surface area contributed by atoms with Crippen molar-refractivity contribution in [2.24, 2.45) is 0 Å². The first-order valence-electron chi connectivity index (χ1n) is 22.1. The molecule has 0 saturated heterocycles. The average Bonchev–Trinajstić information content (AvgIpc) is 3.90. The van der Waals surface area contributed by atoms with Crippen LogP contribution in [0.5, 0.6) is 0 Å². The van der Waals surface area contributed by atoms with E-state index in [1.54, 1.807) is 16.7 Å². The fourth-order valence-corrected chi connectivity index (χ4v) is 8.63. The van der Waals surface area contributed by atoms with Crippen molar-refractivity contribution < 1.29 is 25.6 Å². The first-order chi connectivity index (χ1) is 27.8. The van der Waals surface area contributed by atoms with Gasteiger partial charge in [-0.15, -0.1) is 68.6 Å². The number of unbranched alkanes of at least 4 members (excludes halogenated alkanes) is 3. The van der Waals surface area contributed by atoms with E-state index in [2.05, 4.69) is 174 Å². The van der Waals surface area contributed by atoms with Crippen LogP contribution >= 0.6 is 17.0 Å². The molecule has 0 atom stereocenters. The number of fused-ring (bicyclic) bond motifs is 3. The fraction of sp³-hybridized carbons (Fsp3) is 0.455. The van der Waals surface area contributed by atoms with Crippen molar-refractivity contribution in [1.82, 2.24) is 0 Å². The van der Waals surface area contributed by atoms with E-state index in [-0.39, 0.29) is 16.4 Å². The molecule has 4 heteroatoms. The van der Waals surface area contributed by atoms with Crippen LogP contribution in [-0.4, -0.2) is 12.2 Å². The Bertz CT molecular complexity index is 2250. The summed E-state index contributed by atoms with van der Waals surface area (Å²) in [5.74, 6) is 0.573. The van der Waals surface area contributed by atoms with Gasteiger partial charge in [-0.3, -0.25) is 0 Å². The molecule has 1 nitrogen and oxygen atoms in total. The van der Waals surface area contributed by atoms with Gasteiger partial charge in [-0.2, -0.15) is 6.07 Å². The van der Waals surface area contributed by atoms with Crippen molar-refractivity contribution in [1.29, 1.82) is 0 Å². The van der Waals surface area contributed by atoms with E-state index < -0.39 is 20.8 Å². The second kappa shape index (κ2) is 20.6. The summed E-state index contributed by atoms with van der Waals surface area (Å²) in [6.07, 6.45) is 9.88. The Morgan fingerprint density at radius 3 is 1.86 bits per heavy atom. The molecule has 0 amide bonds. The molecule has 0 heterocycles. The molecule has 59 heavy (non-hydrogen) atoms. The summed E-state index contributed by atoms with van der Waals surface area (Å²) in [4.78, 5) is 0. The summed E-state index contributed by atoms with van der Waals surface area (Å²) in [6.45, 7) is 27.8. The predicted octanol–water partition coefficient (Wildman–Crippen LogP) is 17.3. The quantitative estimate of drug-likeness (QED) is 0.0983. The van der Waals surface area contributed by atoms with Gasteiger partial charge in [-0.05, 0) is 85.5 Å². The standard InChI is InChI=1S/C33H45O.C22H25.2ClH.Zr/c1-23-21-26-22-25-13-12-15-29(25)30(24-16-18-27(19-17-24)32(2,3)4)31(26)28(23)14-10-8-9-11-20-34-33(5,6)7;1-15(2)18-13-17-7-6-8-20(21(17)14-18)16-9-11-19(12-10-16)22(3,4)5;;;/h16-19,21-22H,8-15,20H2,1-7H3;6-15H,1-5H3;2*1H;/q2*-1;;;+4/p-2. The van der Waals surface area contributed by atoms with Crippen molar-refractivity contribution in [2.45, 2.75) is 157 Å². The molecule has 0 aliphatic heterocycles. The molecule has 7 rings (SSSR count). The molecule has 6 aromatic rings. The van der Waals surface area contributed by atoms with Crippen LogP contribution < -0.4 is 0 Å². The third kappa shape index (κ3) is 12.6. The van der Waals surface area contributed by atoms with E-state index in [0.29, 0.717) is 5.92 Å². The number of aryl methyl sites for hydroxylation is 3. The molecule has 0 aromatic heterocycles. The number of rotatable bonds is 10. The number of ether oxygens (including phenoxy) is 1. The summed E-state index contributed by atoms with van der Waals surface area (Å²) in [7, 11) is 9.87. The predicted molar refractivity (Wildman–Crippen MR) is 258 cm³/mol. The molecule has 0 radical (unpaired) electrons. The van der Waals surface area contributed by atoms with Crippen molar-refractivity contribution >= 4 is 38.6 Å². The SMILES string of the molecule is CC(C)c1cc2c(-c3ccc(C(C)(C)C)cc3)cccc2[cH-]1.Cc1[cH-]c2cc3c(c(-c4ccc(C(C)(C)C)cc4)c2c1CCCCCCOC(C)(C)C)CCC3.[Cl][Zr+2][Cl]. The molecule has 314 valence electrons. The van der Waals surface area contributed by atoms with Gasteiger partial charge in [0, 0.05) is 6.61 Å². The van der Waals surface area contributed by atoms with Crippen LogP contribution in [0.2, 0.25) is 0 Å². The molecule has 0 N–H and O–H groups in total. The van der Waals surface area contributed by atoms with Gasteiger partial charge in [0.05, 0.1) is 5.60 Å². The normalized spacial score (nSPS) is 12.9. The number of halogens is 2. The Labute approximate surface area is 377 Å². The van der Waals surface area contributed by atoms with Gasteiger partial charge < -0.3 is 4.74 Å². The van der Waals surface area contributed by atoms with Gasteiger partial charge in [-0.25, -0.2) is 0 Å². The molecule has 1 aliphatic carbocycles. The molecule has 0 spiro atoms. The van der Waals surface area contributed by atoms with E-state index >= 15 is 0 Å². The first kappa shape index (κ1) is 47.6. The van der Waals surface area contributed by atoms with Crippen molar-refractivity contribution in [3.8, 4) is 22.3 Å². The van der Waals surface area contributed by atoms with Crippen LogP contribution in [0.1, 0.15) is 153 Å². The van der Waals surface area contributed by atoms with Crippen LogP contribution in [0, 0.1) is 6.92 Å². The third-order valence-corrected chi connectivity index (χ3v) is 12.0. The van der Waals surface area contributed by atoms with E-state index in [9.17, 15) is 0 Å². The maximum absolute atomic E-state index is 5.90. The zero-order valence-corrected chi connectivity index (χ0v) is 42.2. The molecular formula is C55H70Cl2OZr. The maximum atomic E-state index is 5.90. The van der Waals surface area contributed by atoms with Crippen LogP contribution in [-0.2, 0) is 55.7 Å². The molecule has 0 fully saturated rings. The van der Waals surface area contributed by atoms with Gasteiger partial charge in [0.15, 0.2) is 0 Å². The Morgan fingerprint density at radius 1 is 0.695 bits per heavy atom. The van der Waals surface area contributed by atoms with Gasteiger partial charge in [0.1, 0.15) is 0 Å². The Morgan fingerprint density at radius 2 is 1.29 bits per heavy atom. The van der Waals surface area contributed by atoms with Gasteiger partial charge in [-0.1, -0.05) is 165 Å². The molecular weight excluding hydrogens is 839 g/mol. The van der Waals surface area contributed by atoms with Crippen molar-refractivity contribution in [3.05, 3.63) is 130 Å². The van der Waals surface area contributed by atoms with Crippen molar-refractivity contribution in [2.75, 3.05) is 6.61 Å². The summed E-state index contributed by atoms with van der Waals surface area (Å²) in [5, 5.41) is 5.72. The molecule has 0 saturated carbocycles. The number of hydrogen-bond acceptors (Lipinski definition) is 1. The Kier molecular flexibility index (Phi) is 16.6. The second-order valence-electron chi connectivity index (χ2n) is 20.1. The van der Waals surface area contributed by atoms with Crippen LogP contribution in [0.3, 0.4) is 0 Å². The Hall–Kier alpha value is -2.48. The summed E-state index contributed by atoms with van der Waals surface area (Å²) < 4.78 is 5.90. The monoisotopic (exact) mass is 906 g/mol. The van der Waals surface area contributed by atoms with Crippen LogP contribution in [0.15, 0.2) is 91.0 Å². The van der Waals surface area contributed by atoms with Gasteiger partial charge >= 0.3 is 37.9 Å². The molecule has 0 unspecified atom stereocenters. The van der Waals surface area contributed by atoms with E-state index in [1.807, 2.05) is 0 Å². The topological polar surface area (TPSA) is 9.23 Å². The van der Waals surface area contributed by atoms with Gasteiger partial charge in [0.25, 0.3) is 0 Å². The summed E-state index contributed by atoms with van der Waals surface area (Å²) in [5.41, 5.74) is 16.4. The van der Waals surface area contributed by atoms with Crippen molar-refractivity contribution in [3.63, 3.8) is 0 Å². The van der Waals surface area contributed by atoms with Gasteiger partial charge in [0.2, 0.25) is 0 Å². The molecule has 1 aliphatic rings. The minimum atomic E-state index is -0.826.